The Morgan fingerprint density at radius 3 is 2.52 bits per heavy atom. The van der Waals surface area contributed by atoms with Crippen LogP contribution < -0.4 is 4.90 Å². The number of amides is 1. The molecule has 122 valence electrons. The number of nitro groups is 1. The second-order valence-corrected chi connectivity index (χ2v) is 5.19. The first-order valence-electron chi connectivity index (χ1n) is 6.65. The van der Waals surface area contributed by atoms with Crippen molar-refractivity contribution in [3.8, 4) is 0 Å². The van der Waals surface area contributed by atoms with Crippen molar-refractivity contribution in [3.63, 3.8) is 0 Å². The van der Waals surface area contributed by atoms with Crippen molar-refractivity contribution in [1.82, 2.24) is 0 Å². The first-order chi connectivity index (χ1) is 10.9. The summed E-state index contributed by atoms with van der Waals surface area (Å²) in [6, 6.07) is 3.26. The third-order valence-corrected chi connectivity index (χ3v) is 3.88. The second-order valence-electron chi connectivity index (χ2n) is 5.19. The molecular formula is C13H12N2O8. The SMILES string of the molecule is O=C1C(=O)N([C@@H]2O[C@H](CO)[C@@H](O)[C@H]2O)c2cc([N+](=O)[O-])ccc21. The first-order valence-corrected chi connectivity index (χ1v) is 6.65. The smallest absolute Gasteiger partial charge is 0.301 e. The molecule has 0 aliphatic carbocycles. The lowest BCUT2D eigenvalue weighted by molar-refractivity contribution is -0.384. The molecule has 2 aliphatic heterocycles. The molecule has 1 aromatic carbocycles. The summed E-state index contributed by atoms with van der Waals surface area (Å²) < 4.78 is 5.23. The largest absolute Gasteiger partial charge is 0.394 e. The van der Waals surface area contributed by atoms with E-state index in [4.69, 9.17) is 9.84 Å². The molecule has 0 radical (unpaired) electrons. The van der Waals surface area contributed by atoms with E-state index in [0.29, 0.717) is 0 Å². The minimum atomic E-state index is -1.57. The highest BCUT2D eigenvalue weighted by atomic mass is 16.6. The van der Waals surface area contributed by atoms with Crippen LogP contribution >= 0.6 is 0 Å². The fourth-order valence-electron chi connectivity index (χ4n) is 2.70. The number of aliphatic hydroxyl groups excluding tert-OH is 3. The molecule has 3 N–H and O–H groups in total. The minimum absolute atomic E-state index is 0.0571. The number of ether oxygens (including phenoxy) is 1. The molecule has 0 unspecified atom stereocenters. The van der Waals surface area contributed by atoms with Crippen LogP contribution in [0.4, 0.5) is 11.4 Å². The Balaban J connectivity index is 2.05. The molecular weight excluding hydrogens is 312 g/mol. The standard InChI is InChI=1S/C13H12N2O8/c16-4-8-10(18)11(19)13(23-8)14-7-3-5(15(21)22)1-2-6(7)9(17)12(14)20/h1-3,8,10-11,13,16,18-19H,4H2/t8-,10-,11-,13-/m1/s1. The molecule has 4 atom stereocenters. The van der Waals surface area contributed by atoms with Crippen molar-refractivity contribution >= 4 is 23.1 Å². The highest BCUT2D eigenvalue weighted by molar-refractivity contribution is 6.52. The third-order valence-electron chi connectivity index (χ3n) is 3.88. The van der Waals surface area contributed by atoms with Crippen molar-refractivity contribution in [2.24, 2.45) is 0 Å². The van der Waals surface area contributed by atoms with Crippen molar-refractivity contribution in [2.45, 2.75) is 24.5 Å². The topological polar surface area (TPSA) is 150 Å². The number of hydrogen-bond donors (Lipinski definition) is 3. The maximum atomic E-state index is 12.1. The average molecular weight is 324 g/mol. The quantitative estimate of drug-likeness (QED) is 0.347. The predicted molar refractivity (Wildman–Crippen MR) is 72.7 cm³/mol. The number of rotatable bonds is 3. The Bertz CT molecular complexity index is 705. The van der Waals surface area contributed by atoms with Gasteiger partial charge in [0.1, 0.15) is 18.3 Å². The van der Waals surface area contributed by atoms with Crippen LogP contribution in [0, 0.1) is 10.1 Å². The number of nitrogens with zero attached hydrogens (tertiary/aromatic N) is 2. The highest BCUT2D eigenvalue weighted by Crippen LogP contribution is 2.37. The maximum absolute atomic E-state index is 12.1. The van der Waals surface area contributed by atoms with Gasteiger partial charge < -0.3 is 20.1 Å². The van der Waals surface area contributed by atoms with Gasteiger partial charge >= 0.3 is 5.91 Å². The van der Waals surface area contributed by atoms with E-state index in [1.807, 2.05) is 0 Å². The molecule has 0 bridgehead atoms. The molecule has 0 saturated carbocycles. The highest BCUT2D eigenvalue weighted by Gasteiger charge is 2.51. The number of anilines is 1. The number of carbonyl (C=O) groups is 2. The molecule has 1 amide bonds. The van der Waals surface area contributed by atoms with Gasteiger partial charge in [0.25, 0.3) is 11.5 Å². The Hall–Kier alpha value is -2.40. The van der Waals surface area contributed by atoms with Crippen LogP contribution in [0.5, 0.6) is 0 Å². The Morgan fingerprint density at radius 2 is 1.96 bits per heavy atom. The molecule has 3 rings (SSSR count). The number of Topliss-reactive ketones (excluding diaryl/α,β-unsaturated/α-hetero) is 1. The van der Waals surface area contributed by atoms with Crippen LogP contribution in [0.15, 0.2) is 18.2 Å². The van der Waals surface area contributed by atoms with Gasteiger partial charge in [-0.05, 0) is 6.07 Å². The lowest BCUT2D eigenvalue weighted by Crippen LogP contribution is -2.47. The Labute approximate surface area is 128 Å². The summed E-state index contributed by atoms with van der Waals surface area (Å²) in [5.74, 6) is -1.93. The van der Waals surface area contributed by atoms with Crippen LogP contribution in [-0.4, -0.2) is 63.1 Å². The molecule has 0 aromatic heterocycles. The van der Waals surface area contributed by atoms with E-state index < -0.39 is 47.8 Å². The summed E-state index contributed by atoms with van der Waals surface area (Å²) in [5, 5.41) is 39.7. The molecule has 0 spiro atoms. The summed E-state index contributed by atoms with van der Waals surface area (Å²) in [6.45, 7) is -0.605. The number of carbonyl (C=O) groups excluding carboxylic acids is 2. The van der Waals surface area contributed by atoms with Crippen molar-refractivity contribution in [2.75, 3.05) is 11.5 Å². The zero-order chi connectivity index (χ0) is 16.9. The number of hydrogen-bond acceptors (Lipinski definition) is 8. The molecule has 1 saturated heterocycles. The molecule has 2 aliphatic rings. The number of nitro benzene ring substituents is 1. The molecule has 1 fully saturated rings. The normalized spacial score (nSPS) is 30.0. The molecule has 10 nitrogen and oxygen atoms in total. The van der Waals surface area contributed by atoms with E-state index in [2.05, 4.69) is 0 Å². The van der Waals surface area contributed by atoms with Crippen LogP contribution in [0.3, 0.4) is 0 Å². The summed E-state index contributed by atoms with van der Waals surface area (Å²) in [6.07, 6.45) is -5.60. The number of benzene rings is 1. The summed E-state index contributed by atoms with van der Waals surface area (Å²) >= 11 is 0. The zero-order valence-electron chi connectivity index (χ0n) is 11.5. The fourth-order valence-corrected chi connectivity index (χ4v) is 2.70. The summed E-state index contributed by atoms with van der Waals surface area (Å²) in [7, 11) is 0. The summed E-state index contributed by atoms with van der Waals surface area (Å²) in [4.78, 5) is 35.1. The zero-order valence-corrected chi connectivity index (χ0v) is 11.5. The number of ketones is 1. The molecule has 2 heterocycles. The van der Waals surface area contributed by atoms with Crippen molar-refractivity contribution < 1.29 is 34.6 Å². The van der Waals surface area contributed by atoms with E-state index in [1.165, 1.54) is 0 Å². The van der Waals surface area contributed by atoms with Gasteiger partial charge in [0.15, 0.2) is 6.23 Å². The lowest BCUT2D eigenvalue weighted by Gasteiger charge is -2.26. The van der Waals surface area contributed by atoms with Crippen LogP contribution in [0.1, 0.15) is 10.4 Å². The van der Waals surface area contributed by atoms with Crippen LogP contribution in [0.25, 0.3) is 0 Å². The number of fused-ring (bicyclic) bond motifs is 1. The van der Waals surface area contributed by atoms with Gasteiger partial charge in [-0.15, -0.1) is 0 Å². The monoisotopic (exact) mass is 324 g/mol. The van der Waals surface area contributed by atoms with E-state index in [0.717, 1.165) is 23.1 Å². The fraction of sp³-hybridized carbons (Fsp3) is 0.385. The van der Waals surface area contributed by atoms with Gasteiger partial charge in [-0.3, -0.25) is 24.6 Å². The maximum Gasteiger partial charge on any atom is 0.301 e. The van der Waals surface area contributed by atoms with Crippen molar-refractivity contribution in [1.29, 1.82) is 0 Å². The third kappa shape index (κ3) is 2.19. The first kappa shape index (κ1) is 15.5. The predicted octanol–water partition coefficient (Wildman–Crippen LogP) is -1.44. The van der Waals surface area contributed by atoms with Gasteiger partial charge in [-0.1, -0.05) is 0 Å². The lowest BCUT2D eigenvalue weighted by atomic mass is 10.1. The molecule has 23 heavy (non-hydrogen) atoms. The molecule has 10 heteroatoms. The number of aliphatic hydroxyl groups is 3. The number of non-ortho nitro benzene ring substituents is 1. The Morgan fingerprint density at radius 1 is 1.26 bits per heavy atom. The van der Waals surface area contributed by atoms with Crippen molar-refractivity contribution in [3.05, 3.63) is 33.9 Å². The van der Waals surface area contributed by atoms with Gasteiger partial charge in [-0.2, -0.15) is 0 Å². The van der Waals surface area contributed by atoms with E-state index in [9.17, 15) is 29.9 Å². The Kier molecular flexibility index (Phi) is 3.60. The second kappa shape index (κ2) is 5.35. The summed E-state index contributed by atoms with van der Waals surface area (Å²) in [5.41, 5.74) is -0.481. The van der Waals surface area contributed by atoms with Crippen LogP contribution in [-0.2, 0) is 9.53 Å². The van der Waals surface area contributed by atoms with E-state index in [1.54, 1.807) is 0 Å². The van der Waals surface area contributed by atoms with Gasteiger partial charge in [0.05, 0.1) is 22.8 Å². The van der Waals surface area contributed by atoms with Crippen LogP contribution in [0.2, 0.25) is 0 Å². The van der Waals surface area contributed by atoms with Gasteiger partial charge in [0.2, 0.25) is 0 Å². The van der Waals surface area contributed by atoms with Gasteiger partial charge in [0, 0.05) is 12.1 Å². The minimum Gasteiger partial charge on any atom is -0.394 e. The van der Waals surface area contributed by atoms with E-state index >= 15 is 0 Å². The van der Waals surface area contributed by atoms with E-state index in [-0.39, 0.29) is 16.9 Å². The average Bonchev–Trinajstić information content (AvgIpc) is 2.95. The molecule has 1 aromatic rings. The van der Waals surface area contributed by atoms with Gasteiger partial charge in [-0.25, -0.2) is 0 Å².